The molecule has 4 rings (SSSR count). The lowest BCUT2D eigenvalue weighted by molar-refractivity contribution is -0.117. The lowest BCUT2D eigenvalue weighted by Gasteiger charge is -2.29. The average molecular weight is 367 g/mol. The molecule has 26 heavy (non-hydrogen) atoms. The van der Waals surface area contributed by atoms with Crippen LogP contribution in [-0.2, 0) is 4.79 Å². The van der Waals surface area contributed by atoms with E-state index in [1.807, 2.05) is 36.4 Å². The van der Waals surface area contributed by atoms with Crippen LogP contribution in [0.3, 0.4) is 0 Å². The topological polar surface area (TPSA) is 62.6 Å². The maximum Gasteiger partial charge on any atom is 0.290 e. The van der Waals surface area contributed by atoms with Crippen molar-refractivity contribution in [3.63, 3.8) is 0 Å². The maximum absolute atomic E-state index is 13.0. The first-order valence-corrected chi connectivity index (χ1v) is 8.50. The van der Waals surface area contributed by atoms with E-state index in [1.165, 1.54) is 11.2 Å². The summed E-state index contributed by atoms with van der Waals surface area (Å²) in [6.45, 7) is -0.0919. The molecule has 1 atom stereocenters. The van der Waals surface area contributed by atoms with E-state index in [9.17, 15) is 9.59 Å². The lowest BCUT2D eigenvalue weighted by Crippen LogP contribution is -2.38. The Kier molecular flexibility index (Phi) is 4.22. The largest absolute Gasteiger partial charge is 0.459 e. The quantitative estimate of drug-likeness (QED) is 0.742. The molecule has 1 N–H and O–H groups in total. The Morgan fingerprint density at radius 2 is 1.92 bits per heavy atom. The van der Waals surface area contributed by atoms with Crippen molar-refractivity contribution in [2.45, 2.75) is 6.04 Å². The second-order valence-electron chi connectivity index (χ2n) is 6.00. The summed E-state index contributed by atoms with van der Waals surface area (Å²) >= 11 is 6.10. The summed E-state index contributed by atoms with van der Waals surface area (Å²) in [6, 6.07) is 17.7. The number of carbonyl (C=O) groups excluding carboxylic acids is 2. The van der Waals surface area contributed by atoms with Gasteiger partial charge in [-0.15, -0.1) is 0 Å². The van der Waals surface area contributed by atoms with E-state index in [0.717, 1.165) is 11.1 Å². The Bertz CT molecular complexity index is 954. The number of hydrogen-bond donors (Lipinski definition) is 1. The van der Waals surface area contributed by atoms with Gasteiger partial charge in [-0.1, -0.05) is 48.0 Å². The lowest BCUT2D eigenvalue weighted by atomic mass is 9.95. The van der Waals surface area contributed by atoms with Gasteiger partial charge in [-0.2, -0.15) is 0 Å². The molecule has 1 aliphatic rings. The van der Waals surface area contributed by atoms with Gasteiger partial charge in [0, 0.05) is 16.3 Å². The van der Waals surface area contributed by atoms with Crippen molar-refractivity contribution in [1.29, 1.82) is 0 Å². The summed E-state index contributed by atoms with van der Waals surface area (Å²) in [6.07, 6.45) is 1.44. The van der Waals surface area contributed by atoms with Crippen molar-refractivity contribution in [2.24, 2.45) is 0 Å². The molecule has 2 aromatic carbocycles. The number of rotatable bonds is 2. The van der Waals surface area contributed by atoms with Gasteiger partial charge in [-0.05, 0) is 29.8 Å². The van der Waals surface area contributed by atoms with Gasteiger partial charge in [0.25, 0.3) is 5.91 Å². The minimum Gasteiger partial charge on any atom is -0.459 e. The molecule has 1 aromatic heterocycles. The highest BCUT2D eigenvalue weighted by Crippen LogP contribution is 2.37. The molecule has 1 aliphatic heterocycles. The van der Waals surface area contributed by atoms with Gasteiger partial charge < -0.3 is 14.6 Å². The summed E-state index contributed by atoms with van der Waals surface area (Å²) in [5.41, 5.74) is 2.30. The Morgan fingerprint density at radius 3 is 2.65 bits per heavy atom. The monoisotopic (exact) mass is 366 g/mol. The van der Waals surface area contributed by atoms with Crippen LogP contribution >= 0.6 is 11.6 Å². The molecule has 0 radical (unpaired) electrons. The number of benzene rings is 2. The van der Waals surface area contributed by atoms with Crippen LogP contribution < -0.4 is 5.32 Å². The van der Waals surface area contributed by atoms with E-state index >= 15 is 0 Å². The molecule has 5 nitrogen and oxygen atoms in total. The molecule has 1 unspecified atom stereocenters. The van der Waals surface area contributed by atoms with E-state index < -0.39 is 6.04 Å². The number of halogens is 1. The summed E-state index contributed by atoms with van der Waals surface area (Å²) in [7, 11) is 0. The van der Waals surface area contributed by atoms with Gasteiger partial charge in [-0.3, -0.25) is 9.59 Å². The standard InChI is InChI=1S/C20H15ClN2O3/c21-14-8-9-15-16(11-14)22-18(24)12-23(20(25)17-7-4-10-26-17)19(15)13-5-2-1-3-6-13/h1-11,19H,12H2,(H,22,24). The third kappa shape index (κ3) is 2.97. The first-order valence-electron chi connectivity index (χ1n) is 8.12. The molecule has 0 fully saturated rings. The zero-order valence-corrected chi connectivity index (χ0v) is 14.4. The van der Waals surface area contributed by atoms with Crippen molar-refractivity contribution >= 4 is 29.1 Å². The summed E-state index contributed by atoms with van der Waals surface area (Å²) in [5.74, 6) is -0.440. The Hall–Kier alpha value is -3.05. The number of fused-ring (bicyclic) bond motifs is 1. The third-order valence-corrected chi connectivity index (χ3v) is 4.55. The van der Waals surface area contributed by atoms with Crippen molar-refractivity contribution in [3.8, 4) is 0 Å². The molecule has 2 amide bonds. The number of hydrogen-bond acceptors (Lipinski definition) is 3. The molecule has 0 saturated carbocycles. The zero-order chi connectivity index (χ0) is 18.1. The van der Waals surface area contributed by atoms with Gasteiger partial charge in [0.2, 0.25) is 5.91 Å². The van der Waals surface area contributed by atoms with Gasteiger partial charge in [0.1, 0.15) is 6.54 Å². The second-order valence-corrected chi connectivity index (χ2v) is 6.44. The Morgan fingerprint density at radius 1 is 1.12 bits per heavy atom. The highest BCUT2D eigenvalue weighted by atomic mass is 35.5. The van der Waals surface area contributed by atoms with Gasteiger partial charge in [-0.25, -0.2) is 0 Å². The smallest absolute Gasteiger partial charge is 0.290 e. The molecule has 0 bridgehead atoms. The molecule has 130 valence electrons. The van der Waals surface area contributed by atoms with Crippen LogP contribution in [0.2, 0.25) is 5.02 Å². The number of nitrogens with zero attached hydrogens (tertiary/aromatic N) is 1. The molecule has 0 spiro atoms. The molecule has 0 saturated heterocycles. The van der Waals surface area contributed by atoms with E-state index in [4.69, 9.17) is 16.0 Å². The predicted molar refractivity (Wildman–Crippen MR) is 98.1 cm³/mol. The van der Waals surface area contributed by atoms with E-state index in [0.29, 0.717) is 10.7 Å². The minimum absolute atomic E-state index is 0.0919. The first kappa shape index (κ1) is 16.4. The maximum atomic E-state index is 13.0. The predicted octanol–water partition coefficient (Wildman–Crippen LogP) is 4.12. The Balaban J connectivity index is 1.89. The molecule has 3 aromatic rings. The van der Waals surface area contributed by atoms with Crippen molar-refractivity contribution < 1.29 is 14.0 Å². The first-order chi connectivity index (χ1) is 12.6. The van der Waals surface area contributed by atoms with Crippen LogP contribution in [0.5, 0.6) is 0 Å². The van der Waals surface area contributed by atoms with Crippen molar-refractivity contribution in [2.75, 3.05) is 11.9 Å². The molecule has 6 heteroatoms. The molecule has 2 heterocycles. The van der Waals surface area contributed by atoms with Crippen LogP contribution in [0.1, 0.15) is 27.7 Å². The van der Waals surface area contributed by atoms with Crippen LogP contribution in [-0.4, -0.2) is 23.3 Å². The van der Waals surface area contributed by atoms with Crippen LogP contribution in [0, 0.1) is 0 Å². The fourth-order valence-corrected chi connectivity index (χ4v) is 3.38. The third-order valence-electron chi connectivity index (χ3n) is 4.32. The normalized spacial score (nSPS) is 16.6. The van der Waals surface area contributed by atoms with E-state index in [1.54, 1.807) is 24.3 Å². The van der Waals surface area contributed by atoms with Crippen LogP contribution in [0.25, 0.3) is 0 Å². The molecular formula is C20H15ClN2O3. The highest BCUT2D eigenvalue weighted by molar-refractivity contribution is 6.31. The van der Waals surface area contributed by atoms with Gasteiger partial charge in [0.05, 0.1) is 12.3 Å². The van der Waals surface area contributed by atoms with Gasteiger partial charge in [0.15, 0.2) is 5.76 Å². The van der Waals surface area contributed by atoms with Gasteiger partial charge >= 0.3 is 0 Å². The summed E-state index contributed by atoms with van der Waals surface area (Å²) in [5, 5.41) is 3.36. The van der Waals surface area contributed by atoms with E-state index in [2.05, 4.69) is 5.32 Å². The number of amides is 2. The molecular weight excluding hydrogens is 352 g/mol. The number of furan rings is 1. The second kappa shape index (κ2) is 6.69. The fraction of sp³-hybridized carbons (Fsp3) is 0.100. The number of anilines is 1. The molecule has 0 aliphatic carbocycles. The average Bonchev–Trinajstić information content (AvgIpc) is 3.13. The van der Waals surface area contributed by atoms with Crippen LogP contribution in [0.15, 0.2) is 71.3 Å². The zero-order valence-electron chi connectivity index (χ0n) is 13.7. The summed E-state index contributed by atoms with van der Waals surface area (Å²) < 4.78 is 5.27. The number of nitrogens with one attached hydrogen (secondary N) is 1. The minimum atomic E-state index is -0.444. The SMILES string of the molecule is O=C1CN(C(=O)c2ccco2)C(c2ccccc2)c2ccc(Cl)cc2N1. The highest BCUT2D eigenvalue weighted by Gasteiger charge is 2.34. The Labute approximate surface area is 155 Å². The van der Waals surface area contributed by atoms with Crippen LogP contribution in [0.4, 0.5) is 5.69 Å². The van der Waals surface area contributed by atoms with E-state index in [-0.39, 0.29) is 24.1 Å². The number of carbonyl (C=O) groups is 2. The summed E-state index contributed by atoms with van der Waals surface area (Å²) in [4.78, 5) is 27.0. The van der Waals surface area contributed by atoms with Crippen molar-refractivity contribution in [1.82, 2.24) is 4.90 Å². The van der Waals surface area contributed by atoms with Crippen molar-refractivity contribution in [3.05, 3.63) is 88.8 Å². The fourth-order valence-electron chi connectivity index (χ4n) is 3.20.